The molecule has 0 bridgehead atoms. The second-order valence-corrected chi connectivity index (χ2v) is 4.49. The van der Waals surface area contributed by atoms with Crippen molar-refractivity contribution in [3.63, 3.8) is 0 Å². The van der Waals surface area contributed by atoms with Gasteiger partial charge in [-0.1, -0.05) is 31.2 Å². The fourth-order valence-electron chi connectivity index (χ4n) is 1.22. The van der Waals surface area contributed by atoms with Crippen molar-refractivity contribution in [2.75, 3.05) is 14.1 Å². The second-order valence-electron chi connectivity index (χ2n) is 4.49. The highest BCUT2D eigenvalue weighted by Crippen LogP contribution is 2.18. The first kappa shape index (κ1) is 20.0. The number of rotatable bonds is 4. The molecule has 0 heterocycles. The molecule has 0 aromatic carbocycles. The topological polar surface area (TPSA) is 38.3 Å². The Kier molecular flexibility index (Phi) is 15.5. The van der Waals surface area contributed by atoms with Crippen molar-refractivity contribution < 1.29 is 9.53 Å². The maximum absolute atomic E-state index is 9.39. The minimum absolute atomic E-state index is 0.0301. The first-order valence-electron chi connectivity index (χ1n) is 6.70. The third-order valence-corrected chi connectivity index (χ3v) is 2.23. The van der Waals surface area contributed by atoms with Crippen LogP contribution in [0.25, 0.3) is 0 Å². The number of ether oxygens (including phenoxy) is 1. The lowest BCUT2D eigenvalue weighted by Crippen LogP contribution is -1.98. The molecule has 1 rings (SSSR count). The van der Waals surface area contributed by atoms with Gasteiger partial charge in [-0.05, 0) is 52.3 Å². The Balaban J connectivity index is 0. The van der Waals surface area contributed by atoms with Crippen LogP contribution in [-0.4, -0.2) is 26.7 Å². The summed E-state index contributed by atoms with van der Waals surface area (Å²) >= 11 is 0. The normalized spacial score (nSPS) is 14.1. The van der Waals surface area contributed by atoms with E-state index in [0.717, 1.165) is 0 Å². The smallest absolute Gasteiger partial charge is 0.293 e. The summed E-state index contributed by atoms with van der Waals surface area (Å²) in [6.45, 7) is 9.99. The highest BCUT2D eigenvalue weighted by Gasteiger charge is 2.02. The van der Waals surface area contributed by atoms with Gasteiger partial charge in [-0.3, -0.25) is 4.79 Å². The predicted octanol–water partition coefficient (Wildman–Crippen LogP) is 3.49. The first-order valence-corrected chi connectivity index (χ1v) is 6.70. The molecule has 1 N–H and O–H groups in total. The van der Waals surface area contributed by atoms with Crippen LogP contribution in [0.3, 0.4) is 0 Å². The molecule has 0 spiro atoms. The molecule has 0 aromatic rings. The van der Waals surface area contributed by atoms with Crippen LogP contribution in [0.5, 0.6) is 0 Å². The molecule has 0 saturated carbocycles. The second kappa shape index (κ2) is 14.7. The number of hydrogen-bond acceptors (Lipinski definition) is 3. The minimum Gasteiger partial charge on any atom is -0.465 e. The third-order valence-electron chi connectivity index (χ3n) is 2.23. The molecule has 0 aliphatic heterocycles. The van der Waals surface area contributed by atoms with E-state index in [2.05, 4.69) is 41.8 Å². The summed E-state index contributed by atoms with van der Waals surface area (Å²) in [5.41, 5.74) is 1.42. The molecule has 19 heavy (non-hydrogen) atoms. The van der Waals surface area contributed by atoms with Gasteiger partial charge in [0.2, 0.25) is 0 Å². The van der Waals surface area contributed by atoms with Crippen molar-refractivity contribution in [3.8, 4) is 0 Å². The molecule has 1 unspecified atom stereocenters. The summed E-state index contributed by atoms with van der Waals surface area (Å²) in [6.07, 6.45) is 11.2. The van der Waals surface area contributed by atoms with Gasteiger partial charge < -0.3 is 10.1 Å². The number of carbonyl (C=O) groups is 1. The molecule has 3 nitrogen and oxygen atoms in total. The summed E-state index contributed by atoms with van der Waals surface area (Å²) in [5, 5.41) is 2.75. The summed E-state index contributed by atoms with van der Waals surface area (Å²) in [7, 11) is 3.75. The van der Waals surface area contributed by atoms with Crippen molar-refractivity contribution in [2.24, 2.45) is 5.92 Å². The molecule has 3 heteroatoms. The standard InChI is InChI=1S/C10H14.C4H8O2.C2H7N/c1-3-9(2)10-7-5-4-6-8-10;1-4(2)6-3-5;1-3-2/h3,5,7-9H,1,4,6H2,2H3;3-4H,1-2H3;3H,1-2H3. The van der Waals surface area contributed by atoms with Gasteiger partial charge in [-0.15, -0.1) is 6.58 Å². The Morgan fingerprint density at radius 3 is 2.16 bits per heavy atom. The highest BCUT2D eigenvalue weighted by molar-refractivity contribution is 5.37. The summed E-state index contributed by atoms with van der Waals surface area (Å²) in [5.74, 6) is 0.525. The van der Waals surface area contributed by atoms with Crippen LogP contribution in [0.1, 0.15) is 33.6 Å². The van der Waals surface area contributed by atoms with Crippen LogP contribution >= 0.6 is 0 Å². The quantitative estimate of drug-likeness (QED) is 0.626. The number of hydrogen-bond donors (Lipinski definition) is 1. The Labute approximate surface area is 118 Å². The van der Waals surface area contributed by atoms with E-state index in [4.69, 9.17) is 0 Å². The van der Waals surface area contributed by atoms with Crippen molar-refractivity contribution in [1.82, 2.24) is 5.32 Å². The highest BCUT2D eigenvalue weighted by atomic mass is 16.5. The van der Waals surface area contributed by atoms with Crippen molar-refractivity contribution >= 4 is 6.47 Å². The van der Waals surface area contributed by atoms with E-state index in [-0.39, 0.29) is 6.10 Å². The molecule has 1 atom stereocenters. The van der Waals surface area contributed by atoms with Crippen molar-refractivity contribution in [1.29, 1.82) is 0 Å². The zero-order chi connectivity index (χ0) is 15.1. The average molecular weight is 267 g/mol. The van der Waals surface area contributed by atoms with E-state index >= 15 is 0 Å². The van der Waals surface area contributed by atoms with Crippen LogP contribution < -0.4 is 5.32 Å². The molecule has 1 aliphatic carbocycles. The molecule has 0 aromatic heterocycles. The zero-order valence-electron chi connectivity index (χ0n) is 13.0. The summed E-state index contributed by atoms with van der Waals surface area (Å²) in [6, 6.07) is 0. The van der Waals surface area contributed by atoms with Crippen LogP contribution in [0.4, 0.5) is 0 Å². The fourth-order valence-corrected chi connectivity index (χ4v) is 1.22. The Bertz CT molecular complexity index is 280. The summed E-state index contributed by atoms with van der Waals surface area (Å²) < 4.78 is 4.36. The SMILES string of the molecule is C=CC(C)C1=CCCC=C1.CC(C)OC=O.CNC. The lowest BCUT2D eigenvalue weighted by molar-refractivity contribution is -0.131. The maximum Gasteiger partial charge on any atom is 0.293 e. The molecule has 1 aliphatic rings. The first-order chi connectivity index (χ1) is 9.03. The Morgan fingerprint density at radius 1 is 1.32 bits per heavy atom. The lowest BCUT2D eigenvalue weighted by Gasteiger charge is -2.10. The lowest BCUT2D eigenvalue weighted by atomic mass is 9.96. The van der Waals surface area contributed by atoms with Crippen molar-refractivity contribution in [2.45, 2.75) is 39.7 Å². The van der Waals surface area contributed by atoms with Gasteiger partial charge in [0.05, 0.1) is 6.10 Å². The van der Waals surface area contributed by atoms with Gasteiger partial charge in [0, 0.05) is 0 Å². The van der Waals surface area contributed by atoms with Crippen LogP contribution in [0.15, 0.2) is 36.5 Å². The van der Waals surface area contributed by atoms with Gasteiger partial charge in [-0.25, -0.2) is 0 Å². The Hall–Kier alpha value is -1.35. The average Bonchev–Trinajstić information content (AvgIpc) is 2.40. The predicted molar refractivity (Wildman–Crippen MR) is 83.1 cm³/mol. The van der Waals surface area contributed by atoms with Gasteiger partial charge in [0.1, 0.15) is 0 Å². The molecule has 0 saturated heterocycles. The van der Waals surface area contributed by atoms with Gasteiger partial charge >= 0.3 is 0 Å². The largest absolute Gasteiger partial charge is 0.465 e. The van der Waals surface area contributed by atoms with E-state index in [9.17, 15) is 4.79 Å². The molecule has 0 fully saturated rings. The van der Waals surface area contributed by atoms with Gasteiger partial charge in [-0.2, -0.15) is 0 Å². The van der Waals surface area contributed by atoms with E-state index in [1.165, 1.54) is 18.4 Å². The maximum atomic E-state index is 9.39. The summed E-state index contributed by atoms with van der Waals surface area (Å²) in [4.78, 5) is 9.39. The van der Waals surface area contributed by atoms with E-state index in [1.807, 2.05) is 20.2 Å². The number of nitrogens with one attached hydrogen (secondary N) is 1. The third kappa shape index (κ3) is 14.6. The molecule has 0 radical (unpaired) electrons. The number of carbonyl (C=O) groups excluding carboxylic acids is 1. The van der Waals surface area contributed by atoms with E-state index < -0.39 is 0 Å². The van der Waals surface area contributed by atoms with E-state index in [1.54, 1.807) is 13.8 Å². The minimum atomic E-state index is 0.0301. The van der Waals surface area contributed by atoms with Crippen LogP contribution in [0, 0.1) is 5.92 Å². The van der Waals surface area contributed by atoms with Crippen LogP contribution in [-0.2, 0) is 9.53 Å². The van der Waals surface area contributed by atoms with Gasteiger partial charge in [0.15, 0.2) is 0 Å². The Morgan fingerprint density at radius 2 is 1.89 bits per heavy atom. The number of allylic oxidation sites excluding steroid dienone is 5. The molecular weight excluding hydrogens is 238 g/mol. The molecule has 0 amide bonds. The fraction of sp³-hybridized carbons (Fsp3) is 0.562. The molecule has 110 valence electrons. The zero-order valence-corrected chi connectivity index (χ0v) is 13.0. The van der Waals surface area contributed by atoms with Crippen LogP contribution in [0.2, 0.25) is 0 Å². The van der Waals surface area contributed by atoms with Gasteiger partial charge in [0.25, 0.3) is 6.47 Å². The molecular formula is C16H29NO2. The van der Waals surface area contributed by atoms with Crippen molar-refractivity contribution in [3.05, 3.63) is 36.5 Å². The van der Waals surface area contributed by atoms with E-state index in [0.29, 0.717) is 12.4 Å². The monoisotopic (exact) mass is 267 g/mol.